The zero-order valence-corrected chi connectivity index (χ0v) is 10.6. The highest BCUT2D eigenvalue weighted by Gasteiger charge is 2.36. The van der Waals surface area contributed by atoms with Crippen LogP contribution >= 0.6 is 0 Å². The predicted molar refractivity (Wildman–Crippen MR) is 69.4 cm³/mol. The van der Waals surface area contributed by atoms with E-state index in [0.29, 0.717) is 12.8 Å². The second-order valence-electron chi connectivity index (χ2n) is 4.47. The molecule has 106 valence electrons. The summed E-state index contributed by atoms with van der Waals surface area (Å²) in [5.41, 5.74) is 1.86. The van der Waals surface area contributed by atoms with Crippen LogP contribution in [-0.4, -0.2) is 34.7 Å². The Hall–Kier alpha value is -2.50. The Morgan fingerprint density at radius 2 is 1.50 bits per heavy atom. The number of rotatable bonds is 3. The van der Waals surface area contributed by atoms with Gasteiger partial charge in [0, 0.05) is 12.8 Å². The minimum Gasteiger partial charge on any atom is -0.450 e. The lowest BCUT2D eigenvalue weighted by Gasteiger charge is -2.16. The van der Waals surface area contributed by atoms with Gasteiger partial charge in [0.1, 0.15) is 12.2 Å². The van der Waals surface area contributed by atoms with Crippen LogP contribution in [0.15, 0.2) is 35.9 Å². The van der Waals surface area contributed by atoms with Crippen molar-refractivity contribution >= 4 is 18.4 Å². The molecule has 1 aliphatic rings. The first-order chi connectivity index (χ1) is 9.54. The smallest absolute Gasteiger partial charge is 0.450 e. The van der Waals surface area contributed by atoms with Crippen LogP contribution in [0, 0.1) is 0 Å². The van der Waals surface area contributed by atoms with Gasteiger partial charge in [0.05, 0.1) is 0 Å². The fraction of sp³-hybridized carbons (Fsp3) is 0.286. The first-order valence-electron chi connectivity index (χ1n) is 6.08. The summed E-state index contributed by atoms with van der Waals surface area (Å²) in [5.74, 6) is 0. The van der Waals surface area contributed by atoms with E-state index in [1.807, 2.05) is 36.4 Å². The number of hydrogen-bond donors (Lipinski definition) is 2. The molecule has 0 spiro atoms. The fourth-order valence-electron chi connectivity index (χ4n) is 2.26. The highest BCUT2D eigenvalue weighted by molar-refractivity contribution is 5.60. The van der Waals surface area contributed by atoms with Gasteiger partial charge in [0.25, 0.3) is 0 Å². The van der Waals surface area contributed by atoms with Crippen molar-refractivity contribution in [2.75, 3.05) is 0 Å². The molecule has 1 aromatic carbocycles. The molecule has 1 aliphatic carbocycles. The van der Waals surface area contributed by atoms with Crippen LogP contribution in [0.1, 0.15) is 18.4 Å². The van der Waals surface area contributed by atoms with E-state index >= 15 is 0 Å². The summed E-state index contributed by atoms with van der Waals surface area (Å²) in [4.78, 5) is 21.2. The zero-order chi connectivity index (χ0) is 14.5. The SMILES string of the molecule is O=C(O)OC1CC(=Cc2ccccc2)CC1OC(=O)O. The second kappa shape index (κ2) is 6.10. The van der Waals surface area contributed by atoms with Gasteiger partial charge in [-0.25, -0.2) is 9.59 Å². The molecule has 1 fully saturated rings. The number of carboxylic acid groups (broad SMARTS) is 2. The van der Waals surface area contributed by atoms with Crippen LogP contribution in [-0.2, 0) is 9.47 Å². The molecular formula is C14H14O6. The average Bonchev–Trinajstić information content (AvgIpc) is 2.70. The Balaban J connectivity index is 2.12. The second-order valence-corrected chi connectivity index (χ2v) is 4.47. The lowest BCUT2D eigenvalue weighted by atomic mass is 10.1. The molecule has 1 aromatic rings. The molecule has 6 nitrogen and oxygen atoms in total. The number of ether oxygens (including phenoxy) is 2. The minimum absolute atomic E-state index is 0.332. The van der Waals surface area contributed by atoms with Gasteiger partial charge in [-0.2, -0.15) is 0 Å². The molecule has 0 amide bonds. The van der Waals surface area contributed by atoms with Crippen LogP contribution in [0.4, 0.5) is 9.59 Å². The monoisotopic (exact) mass is 278 g/mol. The molecule has 0 aliphatic heterocycles. The number of benzene rings is 1. The van der Waals surface area contributed by atoms with Crippen molar-refractivity contribution in [3.05, 3.63) is 41.5 Å². The minimum atomic E-state index is -1.44. The molecule has 0 heterocycles. The molecule has 0 saturated heterocycles. The Morgan fingerprint density at radius 1 is 1.00 bits per heavy atom. The number of carbonyl (C=O) groups is 2. The van der Waals surface area contributed by atoms with Crippen molar-refractivity contribution in [2.45, 2.75) is 25.0 Å². The molecule has 6 heteroatoms. The Morgan fingerprint density at radius 3 is 1.95 bits per heavy atom. The number of hydrogen-bond acceptors (Lipinski definition) is 4. The van der Waals surface area contributed by atoms with Crippen molar-refractivity contribution in [1.29, 1.82) is 0 Å². The summed E-state index contributed by atoms with van der Waals surface area (Å²) in [6.45, 7) is 0. The van der Waals surface area contributed by atoms with Gasteiger partial charge >= 0.3 is 12.3 Å². The summed E-state index contributed by atoms with van der Waals surface area (Å²) in [7, 11) is 0. The van der Waals surface area contributed by atoms with Crippen LogP contribution in [0.2, 0.25) is 0 Å². The van der Waals surface area contributed by atoms with Gasteiger partial charge in [-0.3, -0.25) is 0 Å². The third-order valence-electron chi connectivity index (χ3n) is 3.02. The highest BCUT2D eigenvalue weighted by Crippen LogP contribution is 2.31. The van der Waals surface area contributed by atoms with Crippen molar-refractivity contribution in [3.8, 4) is 0 Å². The van der Waals surface area contributed by atoms with E-state index in [2.05, 4.69) is 9.47 Å². The zero-order valence-electron chi connectivity index (χ0n) is 10.6. The van der Waals surface area contributed by atoms with Gasteiger partial charge < -0.3 is 19.7 Å². The van der Waals surface area contributed by atoms with E-state index in [1.165, 1.54) is 0 Å². The molecule has 0 radical (unpaired) electrons. The first kappa shape index (κ1) is 13.9. The van der Waals surface area contributed by atoms with Gasteiger partial charge in [-0.05, 0) is 5.56 Å². The quantitative estimate of drug-likeness (QED) is 0.825. The predicted octanol–water partition coefficient (Wildman–Crippen LogP) is 2.99. The molecule has 2 rings (SSSR count). The van der Waals surface area contributed by atoms with Crippen LogP contribution in [0.5, 0.6) is 0 Å². The topological polar surface area (TPSA) is 93.1 Å². The van der Waals surface area contributed by atoms with Crippen molar-refractivity contribution < 1.29 is 29.3 Å². The van der Waals surface area contributed by atoms with Gasteiger partial charge in [-0.15, -0.1) is 0 Å². The molecule has 1 saturated carbocycles. The molecule has 2 atom stereocenters. The first-order valence-corrected chi connectivity index (χ1v) is 6.08. The standard InChI is InChI=1S/C14H14O6/c15-13(16)19-11-7-10(8-12(11)20-14(17)18)6-9-4-2-1-3-5-9/h1-6,11-12H,7-8H2,(H,15,16)(H,17,18). The van der Waals surface area contributed by atoms with E-state index < -0.39 is 24.5 Å². The summed E-state index contributed by atoms with van der Waals surface area (Å²) in [6.07, 6.45) is -1.90. The summed E-state index contributed by atoms with van der Waals surface area (Å²) < 4.78 is 9.36. The molecule has 20 heavy (non-hydrogen) atoms. The molecular weight excluding hydrogens is 264 g/mol. The van der Waals surface area contributed by atoms with E-state index in [4.69, 9.17) is 10.2 Å². The van der Waals surface area contributed by atoms with Gasteiger partial charge in [0.15, 0.2) is 0 Å². The molecule has 0 bridgehead atoms. The molecule has 2 N–H and O–H groups in total. The Bertz CT molecular complexity index is 496. The van der Waals surface area contributed by atoms with Crippen LogP contribution < -0.4 is 0 Å². The van der Waals surface area contributed by atoms with E-state index in [9.17, 15) is 9.59 Å². The van der Waals surface area contributed by atoms with Crippen LogP contribution in [0.3, 0.4) is 0 Å². The lowest BCUT2D eigenvalue weighted by molar-refractivity contribution is -0.0256. The Kier molecular flexibility index (Phi) is 4.24. The van der Waals surface area contributed by atoms with Crippen LogP contribution in [0.25, 0.3) is 6.08 Å². The van der Waals surface area contributed by atoms with Gasteiger partial charge in [-0.1, -0.05) is 42.0 Å². The van der Waals surface area contributed by atoms with E-state index in [-0.39, 0.29) is 0 Å². The maximum atomic E-state index is 10.6. The van der Waals surface area contributed by atoms with Crippen molar-refractivity contribution in [1.82, 2.24) is 0 Å². The third kappa shape index (κ3) is 3.74. The van der Waals surface area contributed by atoms with Gasteiger partial charge in [0.2, 0.25) is 0 Å². The maximum absolute atomic E-state index is 10.6. The van der Waals surface area contributed by atoms with Crippen molar-refractivity contribution in [3.63, 3.8) is 0 Å². The van der Waals surface area contributed by atoms with Crippen molar-refractivity contribution in [2.24, 2.45) is 0 Å². The normalized spacial score (nSPS) is 21.3. The summed E-state index contributed by atoms with van der Waals surface area (Å²) in [6, 6.07) is 9.48. The lowest BCUT2D eigenvalue weighted by Crippen LogP contribution is -2.29. The third-order valence-corrected chi connectivity index (χ3v) is 3.02. The summed E-state index contributed by atoms with van der Waals surface area (Å²) in [5, 5.41) is 17.3. The maximum Gasteiger partial charge on any atom is 0.506 e. The molecule has 0 aromatic heterocycles. The highest BCUT2D eigenvalue weighted by atomic mass is 16.7. The van der Waals surface area contributed by atoms with E-state index in [1.54, 1.807) is 0 Å². The summed E-state index contributed by atoms with van der Waals surface area (Å²) >= 11 is 0. The average molecular weight is 278 g/mol. The van der Waals surface area contributed by atoms with E-state index in [0.717, 1.165) is 11.1 Å². The fourth-order valence-corrected chi connectivity index (χ4v) is 2.26. The molecule has 2 unspecified atom stereocenters. The largest absolute Gasteiger partial charge is 0.506 e. The Labute approximate surface area is 115 Å².